The Balaban J connectivity index is 1.66. The molecule has 0 radical (unpaired) electrons. The first-order chi connectivity index (χ1) is 13.1. The van der Waals surface area contributed by atoms with Gasteiger partial charge in [0.15, 0.2) is 0 Å². The molecule has 1 N–H and O–H groups in total. The Kier molecular flexibility index (Phi) is 4.28. The zero-order valence-electron chi connectivity index (χ0n) is 15.4. The van der Waals surface area contributed by atoms with Crippen LogP contribution in [-0.2, 0) is 11.2 Å². The van der Waals surface area contributed by atoms with Gasteiger partial charge in [-0.05, 0) is 24.1 Å². The molecule has 0 unspecified atom stereocenters. The van der Waals surface area contributed by atoms with Crippen LogP contribution in [0.4, 0.5) is 0 Å². The summed E-state index contributed by atoms with van der Waals surface area (Å²) in [6.45, 7) is 0.346. The maximum absolute atomic E-state index is 13.1. The highest BCUT2D eigenvalue weighted by Gasteiger charge is 2.34. The Morgan fingerprint density at radius 1 is 0.963 bits per heavy atom. The second-order valence-electron chi connectivity index (χ2n) is 6.92. The highest BCUT2D eigenvalue weighted by Crippen LogP contribution is 2.29. The van der Waals surface area contributed by atoms with Crippen LogP contribution in [0.15, 0.2) is 60.9 Å². The van der Waals surface area contributed by atoms with Gasteiger partial charge in [0.25, 0.3) is 11.8 Å². The van der Waals surface area contributed by atoms with Gasteiger partial charge in [0.05, 0.1) is 5.57 Å². The average Bonchev–Trinajstić information content (AvgIpc) is 3.08. The summed E-state index contributed by atoms with van der Waals surface area (Å²) in [6.07, 6.45) is 4.35. The summed E-state index contributed by atoms with van der Waals surface area (Å²) in [5, 5.41) is 1.12. The molecule has 5 heteroatoms. The van der Waals surface area contributed by atoms with Gasteiger partial charge in [-0.3, -0.25) is 14.5 Å². The van der Waals surface area contributed by atoms with Crippen LogP contribution in [0.2, 0.25) is 0 Å². The molecular weight excluding hydrogens is 338 g/mol. The Morgan fingerprint density at radius 3 is 2.44 bits per heavy atom. The summed E-state index contributed by atoms with van der Waals surface area (Å²) in [4.78, 5) is 32.4. The quantitative estimate of drug-likeness (QED) is 0.574. The third kappa shape index (κ3) is 3.01. The first-order valence-corrected chi connectivity index (χ1v) is 8.95. The van der Waals surface area contributed by atoms with E-state index in [9.17, 15) is 9.59 Å². The summed E-state index contributed by atoms with van der Waals surface area (Å²) < 4.78 is 0. The Morgan fingerprint density at radius 2 is 1.67 bits per heavy atom. The Hall–Kier alpha value is -3.34. The molecule has 2 amide bonds. The number of para-hydroxylation sites is 1. The topological polar surface area (TPSA) is 56.4 Å². The summed E-state index contributed by atoms with van der Waals surface area (Å²) in [5.41, 5.74) is 3.98. The van der Waals surface area contributed by atoms with Gasteiger partial charge in [0.2, 0.25) is 0 Å². The first-order valence-electron chi connectivity index (χ1n) is 8.95. The number of nitrogens with one attached hydrogen (secondary N) is 1. The van der Waals surface area contributed by atoms with Crippen molar-refractivity contribution in [1.29, 1.82) is 0 Å². The van der Waals surface area contributed by atoms with E-state index >= 15 is 0 Å². The van der Waals surface area contributed by atoms with E-state index in [4.69, 9.17) is 0 Å². The largest absolute Gasteiger partial charge is 0.383 e. The van der Waals surface area contributed by atoms with Gasteiger partial charge in [-0.25, -0.2) is 0 Å². The molecule has 2 heterocycles. The van der Waals surface area contributed by atoms with E-state index in [1.807, 2.05) is 67.7 Å². The number of carbonyl (C=O) groups is 2. The van der Waals surface area contributed by atoms with Crippen LogP contribution >= 0.6 is 0 Å². The van der Waals surface area contributed by atoms with Crippen molar-refractivity contribution < 1.29 is 9.59 Å². The van der Waals surface area contributed by atoms with Crippen molar-refractivity contribution >= 4 is 28.3 Å². The van der Waals surface area contributed by atoms with E-state index < -0.39 is 0 Å². The first kappa shape index (κ1) is 17.1. The van der Waals surface area contributed by atoms with Gasteiger partial charge in [-0.2, -0.15) is 0 Å². The second-order valence-corrected chi connectivity index (χ2v) is 6.92. The minimum atomic E-state index is -0.243. The molecule has 0 fully saturated rings. The molecule has 0 atom stereocenters. The van der Waals surface area contributed by atoms with Crippen LogP contribution in [-0.4, -0.2) is 47.2 Å². The van der Waals surface area contributed by atoms with Gasteiger partial charge < -0.3 is 9.88 Å². The fourth-order valence-corrected chi connectivity index (χ4v) is 3.56. The summed E-state index contributed by atoms with van der Waals surface area (Å²) in [6, 6.07) is 15.3. The molecule has 0 saturated heterocycles. The van der Waals surface area contributed by atoms with Crippen LogP contribution in [0.1, 0.15) is 21.5 Å². The number of benzene rings is 2. The number of nitrogens with zero attached hydrogens (tertiary/aromatic N) is 2. The van der Waals surface area contributed by atoms with Crippen molar-refractivity contribution in [3.05, 3.63) is 77.6 Å². The van der Waals surface area contributed by atoms with Gasteiger partial charge in [-0.15, -0.1) is 0 Å². The van der Waals surface area contributed by atoms with Crippen LogP contribution < -0.4 is 0 Å². The summed E-state index contributed by atoms with van der Waals surface area (Å²) in [5.74, 6) is -0.474. The van der Waals surface area contributed by atoms with Crippen molar-refractivity contribution in [2.75, 3.05) is 20.6 Å². The molecule has 136 valence electrons. The summed E-state index contributed by atoms with van der Waals surface area (Å²) >= 11 is 0. The zero-order chi connectivity index (χ0) is 19.0. The Labute approximate surface area is 157 Å². The molecule has 1 aromatic heterocycles. The number of hydrogen-bond acceptors (Lipinski definition) is 3. The lowest BCUT2D eigenvalue weighted by molar-refractivity contribution is -0.122. The molecule has 5 nitrogen and oxygen atoms in total. The predicted molar refractivity (Wildman–Crippen MR) is 106 cm³/mol. The number of imide groups is 1. The molecule has 2 aromatic carbocycles. The molecule has 0 spiro atoms. The molecule has 3 aromatic rings. The van der Waals surface area contributed by atoms with Crippen molar-refractivity contribution in [2.45, 2.75) is 6.42 Å². The van der Waals surface area contributed by atoms with Crippen molar-refractivity contribution in [1.82, 2.24) is 14.8 Å². The minimum Gasteiger partial charge on any atom is -0.383 e. The molecular formula is C22H21N3O2. The SMILES string of the molecule is CN(C)/C=C1\C(=O)N(CCc2c[nH]c3ccccc23)C(=O)c2ccccc21. The lowest BCUT2D eigenvalue weighted by Gasteiger charge is -2.29. The highest BCUT2D eigenvalue weighted by molar-refractivity contribution is 6.30. The predicted octanol–water partition coefficient (Wildman–Crippen LogP) is 3.30. The fourth-order valence-electron chi connectivity index (χ4n) is 3.56. The van der Waals surface area contributed by atoms with Gasteiger partial charge >= 0.3 is 0 Å². The normalized spacial score (nSPS) is 15.5. The van der Waals surface area contributed by atoms with E-state index in [2.05, 4.69) is 4.98 Å². The molecule has 27 heavy (non-hydrogen) atoms. The average molecular weight is 359 g/mol. The maximum Gasteiger partial charge on any atom is 0.262 e. The number of carbonyl (C=O) groups excluding carboxylic acids is 2. The highest BCUT2D eigenvalue weighted by atomic mass is 16.2. The number of aromatic nitrogens is 1. The minimum absolute atomic E-state index is 0.230. The Bertz CT molecular complexity index is 1060. The molecule has 1 aliphatic rings. The zero-order valence-corrected chi connectivity index (χ0v) is 15.4. The van der Waals surface area contributed by atoms with Crippen molar-refractivity contribution in [3.63, 3.8) is 0 Å². The van der Waals surface area contributed by atoms with E-state index in [0.717, 1.165) is 16.5 Å². The van der Waals surface area contributed by atoms with E-state index in [1.54, 1.807) is 12.3 Å². The van der Waals surface area contributed by atoms with Gasteiger partial charge in [0, 0.05) is 55.1 Å². The van der Waals surface area contributed by atoms with Crippen molar-refractivity contribution in [2.24, 2.45) is 0 Å². The van der Waals surface area contributed by atoms with E-state index in [-0.39, 0.29) is 11.8 Å². The van der Waals surface area contributed by atoms with Crippen molar-refractivity contribution in [3.8, 4) is 0 Å². The fraction of sp³-hybridized carbons (Fsp3) is 0.182. The lowest BCUT2D eigenvalue weighted by atomic mass is 9.93. The lowest BCUT2D eigenvalue weighted by Crippen LogP contribution is -2.43. The van der Waals surface area contributed by atoms with E-state index in [1.165, 1.54) is 4.90 Å². The third-order valence-corrected chi connectivity index (χ3v) is 4.84. The maximum atomic E-state index is 13.1. The number of hydrogen-bond donors (Lipinski definition) is 1. The standard InChI is InChI=1S/C22H21N3O2/c1-24(2)14-19-17-8-3-4-9-18(17)21(26)25(22(19)27)12-11-15-13-23-20-10-6-5-7-16(15)20/h3-10,13-14,23H,11-12H2,1-2H3/b19-14-. The molecule has 1 aliphatic heterocycles. The monoisotopic (exact) mass is 359 g/mol. The number of H-pyrrole nitrogens is 1. The number of rotatable bonds is 4. The molecule has 4 rings (SSSR count). The van der Waals surface area contributed by atoms with Crippen LogP contribution in [0, 0.1) is 0 Å². The molecule has 0 bridgehead atoms. The van der Waals surface area contributed by atoms with Gasteiger partial charge in [0.1, 0.15) is 0 Å². The molecule has 0 saturated carbocycles. The van der Waals surface area contributed by atoms with Gasteiger partial charge in [-0.1, -0.05) is 36.4 Å². The summed E-state index contributed by atoms with van der Waals surface area (Å²) in [7, 11) is 3.74. The number of aromatic amines is 1. The third-order valence-electron chi connectivity index (χ3n) is 4.84. The van der Waals surface area contributed by atoms with Crippen LogP contribution in [0.5, 0.6) is 0 Å². The van der Waals surface area contributed by atoms with Crippen LogP contribution in [0.25, 0.3) is 16.5 Å². The van der Waals surface area contributed by atoms with Crippen LogP contribution in [0.3, 0.4) is 0 Å². The smallest absolute Gasteiger partial charge is 0.262 e. The molecule has 0 aliphatic carbocycles. The number of amides is 2. The number of fused-ring (bicyclic) bond motifs is 2. The second kappa shape index (κ2) is 6.76. The van der Waals surface area contributed by atoms with E-state index in [0.29, 0.717) is 29.7 Å².